The molecule has 0 radical (unpaired) electrons. The van der Waals surface area contributed by atoms with E-state index < -0.39 is 36.8 Å². The average molecular weight is 341 g/mol. The van der Waals surface area contributed by atoms with Gasteiger partial charge >= 0.3 is 6.18 Å². The molecule has 0 aliphatic carbocycles. The molecule has 1 amide bonds. The second-order valence-corrected chi connectivity index (χ2v) is 4.98. The molecule has 1 unspecified atom stereocenters. The van der Waals surface area contributed by atoms with Gasteiger partial charge in [0.2, 0.25) is 5.91 Å². The number of hydrogen-bond donors (Lipinski definition) is 1. The summed E-state index contributed by atoms with van der Waals surface area (Å²) >= 11 is 0. The predicted molar refractivity (Wildman–Crippen MR) is 76.3 cm³/mol. The first-order valence-electron chi connectivity index (χ1n) is 6.69. The number of rotatable bonds is 3. The summed E-state index contributed by atoms with van der Waals surface area (Å²) in [5.41, 5.74) is 0.586. The van der Waals surface area contributed by atoms with Gasteiger partial charge in [0.05, 0.1) is 12.5 Å². The van der Waals surface area contributed by atoms with Crippen LogP contribution >= 0.6 is 12.4 Å². The Hall–Kier alpha value is -1.34. The van der Waals surface area contributed by atoms with Crippen LogP contribution in [0.1, 0.15) is 24.4 Å². The minimum Gasteiger partial charge on any atom is -0.333 e. The van der Waals surface area contributed by atoms with Crippen molar-refractivity contribution in [3.8, 4) is 0 Å². The van der Waals surface area contributed by atoms with Crippen molar-refractivity contribution >= 4 is 18.3 Å². The molecule has 1 N–H and O–H groups in total. The molecular weight excluding hydrogens is 324 g/mol. The number of benzene rings is 1. The monoisotopic (exact) mass is 340 g/mol. The molecule has 22 heavy (non-hydrogen) atoms. The summed E-state index contributed by atoms with van der Waals surface area (Å²) in [4.78, 5) is 13.4. The zero-order valence-electron chi connectivity index (χ0n) is 11.7. The number of carbonyl (C=O) groups excluding carboxylic acids is 1. The Morgan fingerprint density at radius 1 is 1.36 bits per heavy atom. The average Bonchev–Trinajstić information content (AvgIpc) is 2.44. The lowest BCUT2D eigenvalue weighted by atomic mass is 10.0. The Bertz CT molecular complexity index is 510. The molecule has 1 aliphatic rings. The van der Waals surface area contributed by atoms with Crippen LogP contribution in [0.5, 0.6) is 0 Å². The smallest absolute Gasteiger partial charge is 0.333 e. The summed E-state index contributed by atoms with van der Waals surface area (Å²) in [5, 5.41) is 3.07. The number of alkyl halides is 3. The number of nitrogens with one attached hydrogen (secondary N) is 1. The first-order valence-corrected chi connectivity index (χ1v) is 6.69. The minimum atomic E-state index is -4.35. The van der Waals surface area contributed by atoms with Gasteiger partial charge in [-0.2, -0.15) is 13.2 Å². The van der Waals surface area contributed by atoms with Gasteiger partial charge in [0.25, 0.3) is 0 Å². The van der Waals surface area contributed by atoms with Crippen molar-refractivity contribution < 1.29 is 22.4 Å². The summed E-state index contributed by atoms with van der Waals surface area (Å²) in [6.45, 7) is 1.24. The standard InChI is InChI=1S/C14H16F4N2O.ClH/c15-11-3-1-2-10(8-11)12-9-19-6-7-20(12)13(21)4-5-14(16,17)18;/h1-3,8,12,19H,4-7,9H2;1H. The highest BCUT2D eigenvalue weighted by Gasteiger charge is 2.32. The van der Waals surface area contributed by atoms with E-state index in [0.29, 0.717) is 25.2 Å². The quantitative estimate of drug-likeness (QED) is 0.858. The maximum atomic E-state index is 13.3. The van der Waals surface area contributed by atoms with Gasteiger partial charge in [-0.05, 0) is 17.7 Å². The molecule has 3 nitrogen and oxygen atoms in total. The molecule has 1 saturated heterocycles. The topological polar surface area (TPSA) is 32.3 Å². The van der Waals surface area contributed by atoms with Crippen molar-refractivity contribution in [2.24, 2.45) is 0 Å². The van der Waals surface area contributed by atoms with Crippen molar-refractivity contribution in [1.29, 1.82) is 0 Å². The zero-order valence-corrected chi connectivity index (χ0v) is 12.5. The number of nitrogens with zero attached hydrogens (tertiary/aromatic N) is 1. The fraction of sp³-hybridized carbons (Fsp3) is 0.500. The van der Waals surface area contributed by atoms with Gasteiger partial charge in [-0.15, -0.1) is 12.4 Å². The molecule has 124 valence electrons. The molecule has 1 atom stereocenters. The normalized spacial score (nSPS) is 18.7. The van der Waals surface area contributed by atoms with E-state index in [1.54, 1.807) is 6.07 Å². The molecule has 1 aromatic rings. The lowest BCUT2D eigenvalue weighted by Gasteiger charge is -2.36. The van der Waals surface area contributed by atoms with Crippen molar-refractivity contribution in [3.63, 3.8) is 0 Å². The summed E-state index contributed by atoms with van der Waals surface area (Å²) in [6.07, 6.45) is -6.06. The van der Waals surface area contributed by atoms with Crippen molar-refractivity contribution in [2.75, 3.05) is 19.6 Å². The van der Waals surface area contributed by atoms with E-state index in [9.17, 15) is 22.4 Å². The van der Waals surface area contributed by atoms with E-state index >= 15 is 0 Å². The van der Waals surface area contributed by atoms with Gasteiger partial charge in [0, 0.05) is 26.1 Å². The third-order valence-electron chi connectivity index (χ3n) is 3.42. The third-order valence-corrected chi connectivity index (χ3v) is 3.42. The van der Waals surface area contributed by atoms with Crippen LogP contribution in [0, 0.1) is 5.82 Å². The maximum Gasteiger partial charge on any atom is 0.389 e. The number of piperazine rings is 1. The molecule has 1 heterocycles. The van der Waals surface area contributed by atoms with Crippen LogP contribution in [0.15, 0.2) is 24.3 Å². The molecule has 0 bridgehead atoms. The zero-order chi connectivity index (χ0) is 15.5. The number of amides is 1. The molecule has 1 aliphatic heterocycles. The largest absolute Gasteiger partial charge is 0.389 e. The van der Waals surface area contributed by atoms with Crippen LogP contribution in [-0.4, -0.2) is 36.6 Å². The molecule has 1 fully saturated rings. The van der Waals surface area contributed by atoms with Crippen LogP contribution in [0.2, 0.25) is 0 Å². The van der Waals surface area contributed by atoms with Crippen molar-refractivity contribution in [1.82, 2.24) is 10.2 Å². The Balaban J connectivity index is 0.00000242. The number of carbonyl (C=O) groups is 1. The van der Waals surface area contributed by atoms with Gasteiger partial charge < -0.3 is 10.2 Å². The Morgan fingerprint density at radius 2 is 2.09 bits per heavy atom. The maximum absolute atomic E-state index is 13.3. The second-order valence-electron chi connectivity index (χ2n) is 4.98. The van der Waals surface area contributed by atoms with Gasteiger partial charge in [0.1, 0.15) is 5.82 Å². The predicted octanol–water partition coefficient (Wildman–Crippen LogP) is 3.06. The highest BCUT2D eigenvalue weighted by atomic mass is 35.5. The second kappa shape index (κ2) is 7.78. The van der Waals surface area contributed by atoms with E-state index in [-0.39, 0.29) is 12.4 Å². The molecule has 1 aromatic carbocycles. The van der Waals surface area contributed by atoms with Gasteiger partial charge in [0.15, 0.2) is 0 Å². The molecule has 0 spiro atoms. The van der Waals surface area contributed by atoms with Gasteiger partial charge in [-0.3, -0.25) is 4.79 Å². The van der Waals surface area contributed by atoms with E-state index in [2.05, 4.69) is 5.32 Å². The summed E-state index contributed by atoms with van der Waals surface area (Å²) < 4.78 is 50.0. The highest BCUT2D eigenvalue weighted by Crippen LogP contribution is 2.26. The summed E-state index contributed by atoms with van der Waals surface area (Å²) in [5.74, 6) is -0.983. The number of halogens is 5. The Morgan fingerprint density at radius 3 is 2.73 bits per heavy atom. The van der Waals surface area contributed by atoms with Crippen LogP contribution in [0.25, 0.3) is 0 Å². The Kier molecular flexibility index (Phi) is 6.62. The van der Waals surface area contributed by atoms with Crippen molar-refractivity contribution in [2.45, 2.75) is 25.1 Å². The Labute approximate surface area is 132 Å². The van der Waals surface area contributed by atoms with Crippen LogP contribution in [0.4, 0.5) is 17.6 Å². The van der Waals surface area contributed by atoms with E-state index in [1.807, 2.05) is 0 Å². The van der Waals surface area contributed by atoms with Crippen LogP contribution in [0.3, 0.4) is 0 Å². The summed E-state index contributed by atoms with van der Waals surface area (Å²) in [7, 11) is 0. The fourth-order valence-electron chi connectivity index (χ4n) is 2.41. The molecule has 0 aromatic heterocycles. The molecule has 0 saturated carbocycles. The molecule has 8 heteroatoms. The first kappa shape index (κ1) is 18.7. The highest BCUT2D eigenvalue weighted by molar-refractivity contribution is 5.85. The van der Waals surface area contributed by atoms with Crippen LogP contribution < -0.4 is 5.32 Å². The first-order chi connectivity index (χ1) is 9.87. The lowest BCUT2D eigenvalue weighted by molar-refractivity contribution is -0.151. The van der Waals surface area contributed by atoms with Crippen molar-refractivity contribution in [3.05, 3.63) is 35.6 Å². The van der Waals surface area contributed by atoms with E-state index in [4.69, 9.17) is 0 Å². The molecular formula is C14H17ClF4N2O. The van der Waals surface area contributed by atoms with Gasteiger partial charge in [-0.1, -0.05) is 12.1 Å². The lowest BCUT2D eigenvalue weighted by Crippen LogP contribution is -2.48. The fourth-order valence-corrected chi connectivity index (χ4v) is 2.41. The third kappa shape index (κ3) is 5.14. The van der Waals surface area contributed by atoms with Crippen LogP contribution in [-0.2, 0) is 4.79 Å². The van der Waals surface area contributed by atoms with E-state index in [0.717, 1.165) is 0 Å². The molecule has 2 rings (SSSR count). The summed E-state index contributed by atoms with van der Waals surface area (Å²) in [6, 6.07) is 5.36. The van der Waals surface area contributed by atoms with Gasteiger partial charge in [-0.25, -0.2) is 4.39 Å². The van der Waals surface area contributed by atoms with E-state index in [1.165, 1.54) is 23.1 Å². The minimum absolute atomic E-state index is 0. The number of hydrogen-bond acceptors (Lipinski definition) is 2. The SMILES string of the molecule is Cl.O=C(CCC(F)(F)F)N1CCNCC1c1cccc(F)c1.